The van der Waals surface area contributed by atoms with Crippen LogP contribution < -0.4 is 10.6 Å². The Kier molecular flexibility index (Phi) is 8.07. The molecule has 29 heavy (non-hydrogen) atoms. The van der Waals surface area contributed by atoms with E-state index in [-0.39, 0.29) is 0 Å². The van der Waals surface area contributed by atoms with E-state index in [9.17, 15) is 0 Å². The van der Waals surface area contributed by atoms with Gasteiger partial charge in [-0.15, -0.1) is 10.2 Å². The van der Waals surface area contributed by atoms with Crippen LogP contribution in [0.3, 0.4) is 0 Å². The van der Waals surface area contributed by atoms with Gasteiger partial charge in [0, 0.05) is 44.5 Å². The van der Waals surface area contributed by atoms with Gasteiger partial charge < -0.3 is 19.7 Å². The second-order valence-corrected chi connectivity index (χ2v) is 7.60. The Balaban J connectivity index is 1.54. The summed E-state index contributed by atoms with van der Waals surface area (Å²) in [5, 5.41) is 19.7. The van der Waals surface area contributed by atoms with Crippen LogP contribution in [0.25, 0.3) is 0 Å². The summed E-state index contributed by atoms with van der Waals surface area (Å²) >= 11 is 0. The van der Waals surface area contributed by atoms with E-state index < -0.39 is 0 Å². The van der Waals surface area contributed by atoms with Crippen molar-refractivity contribution in [2.45, 2.75) is 84.7 Å². The predicted molar refractivity (Wildman–Crippen MR) is 114 cm³/mol. The van der Waals surface area contributed by atoms with Crippen LogP contribution in [0.15, 0.2) is 15.6 Å². The topological polar surface area (TPSA) is 93.2 Å². The lowest BCUT2D eigenvalue weighted by molar-refractivity contribution is 0.372. The summed E-state index contributed by atoms with van der Waals surface area (Å²) in [4.78, 5) is 4.65. The van der Waals surface area contributed by atoms with Crippen LogP contribution in [0.5, 0.6) is 0 Å². The highest BCUT2D eigenvalue weighted by Gasteiger charge is 2.15. The summed E-state index contributed by atoms with van der Waals surface area (Å²) in [7, 11) is 0. The third-order valence-electron chi connectivity index (χ3n) is 5.55. The number of fused-ring (bicyclic) bond motifs is 1. The molecule has 0 aromatic carbocycles. The Labute approximate surface area is 173 Å². The van der Waals surface area contributed by atoms with Crippen molar-refractivity contribution in [3.8, 4) is 0 Å². The minimum absolute atomic E-state index is 0.459. The SMILES string of the molecule is CCNC(=NCc1cc(C(CC)CC)no1)NCCc1nnc2n1CCCCC2. The number of aliphatic imine (C=N–C) groups is 1. The Bertz CT molecular complexity index is 776. The first-order chi connectivity index (χ1) is 14.2. The molecule has 0 bridgehead atoms. The van der Waals surface area contributed by atoms with Crippen molar-refractivity contribution < 1.29 is 4.52 Å². The van der Waals surface area contributed by atoms with Crippen molar-refractivity contribution in [3.05, 3.63) is 29.2 Å². The van der Waals surface area contributed by atoms with Gasteiger partial charge in [0.1, 0.15) is 18.2 Å². The molecule has 0 saturated heterocycles. The fourth-order valence-corrected chi connectivity index (χ4v) is 3.82. The van der Waals surface area contributed by atoms with E-state index in [4.69, 9.17) is 4.52 Å². The van der Waals surface area contributed by atoms with Crippen LogP contribution in [0, 0.1) is 0 Å². The number of aryl methyl sites for hydroxylation is 1. The zero-order valence-corrected chi connectivity index (χ0v) is 18.1. The third-order valence-corrected chi connectivity index (χ3v) is 5.55. The maximum atomic E-state index is 5.48. The monoisotopic (exact) mass is 401 g/mol. The van der Waals surface area contributed by atoms with E-state index >= 15 is 0 Å². The van der Waals surface area contributed by atoms with Gasteiger partial charge in [0.2, 0.25) is 0 Å². The molecule has 0 unspecified atom stereocenters. The van der Waals surface area contributed by atoms with Gasteiger partial charge in [-0.3, -0.25) is 0 Å². The van der Waals surface area contributed by atoms with E-state index in [0.717, 1.165) is 74.4 Å². The van der Waals surface area contributed by atoms with Crippen LogP contribution in [-0.2, 0) is 25.9 Å². The van der Waals surface area contributed by atoms with Crippen LogP contribution in [0.2, 0.25) is 0 Å². The number of rotatable bonds is 9. The third kappa shape index (κ3) is 5.81. The van der Waals surface area contributed by atoms with Gasteiger partial charge in [0.25, 0.3) is 0 Å². The molecule has 0 atom stereocenters. The molecule has 0 spiro atoms. The lowest BCUT2D eigenvalue weighted by Crippen LogP contribution is -2.38. The first-order valence-electron chi connectivity index (χ1n) is 11.1. The zero-order chi connectivity index (χ0) is 20.5. The van der Waals surface area contributed by atoms with Crippen LogP contribution >= 0.6 is 0 Å². The number of aromatic nitrogens is 4. The molecular formula is C21H35N7O. The Morgan fingerprint density at radius 2 is 2.03 bits per heavy atom. The highest BCUT2D eigenvalue weighted by Crippen LogP contribution is 2.22. The second kappa shape index (κ2) is 11.0. The first kappa shape index (κ1) is 21.3. The summed E-state index contributed by atoms with van der Waals surface area (Å²) in [6.07, 6.45) is 7.72. The Morgan fingerprint density at radius 3 is 2.83 bits per heavy atom. The largest absolute Gasteiger partial charge is 0.359 e. The van der Waals surface area contributed by atoms with E-state index in [1.165, 1.54) is 19.3 Å². The lowest BCUT2D eigenvalue weighted by Gasteiger charge is -2.11. The van der Waals surface area contributed by atoms with Crippen molar-refractivity contribution in [1.82, 2.24) is 30.6 Å². The van der Waals surface area contributed by atoms with Gasteiger partial charge in [-0.1, -0.05) is 25.4 Å². The van der Waals surface area contributed by atoms with Gasteiger partial charge in [-0.25, -0.2) is 4.99 Å². The number of nitrogens with one attached hydrogen (secondary N) is 2. The summed E-state index contributed by atoms with van der Waals surface area (Å²) in [6, 6.07) is 2.04. The first-order valence-corrected chi connectivity index (χ1v) is 11.1. The standard InChI is InChI=1S/C21H35N7O/c1-4-16(5-2)18-14-17(29-27-18)15-24-21(22-6-3)23-12-11-20-26-25-19-10-8-7-9-13-28(19)20/h14,16H,4-13,15H2,1-3H3,(H2,22,23,24). The zero-order valence-electron chi connectivity index (χ0n) is 18.1. The molecule has 8 heteroatoms. The van der Waals surface area contributed by atoms with Crippen LogP contribution in [-0.4, -0.2) is 39.0 Å². The quantitative estimate of drug-likeness (QED) is 0.495. The molecule has 0 saturated carbocycles. The summed E-state index contributed by atoms with van der Waals surface area (Å²) in [6.45, 7) is 9.51. The predicted octanol–water partition coefficient (Wildman–Crippen LogP) is 3.19. The molecule has 2 N–H and O–H groups in total. The fraction of sp³-hybridized carbons (Fsp3) is 0.714. The molecule has 3 rings (SSSR count). The Morgan fingerprint density at radius 1 is 1.17 bits per heavy atom. The number of guanidine groups is 1. The van der Waals surface area contributed by atoms with Crippen LogP contribution in [0.4, 0.5) is 0 Å². The molecule has 160 valence electrons. The maximum Gasteiger partial charge on any atom is 0.191 e. The maximum absolute atomic E-state index is 5.48. The van der Waals surface area contributed by atoms with Crippen molar-refractivity contribution >= 4 is 5.96 Å². The van der Waals surface area contributed by atoms with Crippen molar-refractivity contribution in [2.24, 2.45) is 4.99 Å². The molecule has 0 fully saturated rings. The lowest BCUT2D eigenvalue weighted by atomic mass is 9.99. The second-order valence-electron chi connectivity index (χ2n) is 7.60. The molecular weight excluding hydrogens is 366 g/mol. The number of hydrogen-bond acceptors (Lipinski definition) is 5. The molecule has 3 heterocycles. The van der Waals surface area contributed by atoms with Gasteiger partial charge >= 0.3 is 0 Å². The van der Waals surface area contributed by atoms with E-state index in [2.05, 4.69) is 56.3 Å². The summed E-state index contributed by atoms with van der Waals surface area (Å²) < 4.78 is 7.78. The molecule has 0 aliphatic carbocycles. The molecule has 0 amide bonds. The van der Waals surface area contributed by atoms with E-state index in [1.807, 2.05) is 6.07 Å². The van der Waals surface area contributed by atoms with Gasteiger partial charge in [0.05, 0.1) is 5.69 Å². The minimum Gasteiger partial charge on any atom is -0.359 e. The average molecular weight is 402 g/mol. The summed E-state index contributed by atoms with van der Waals surface area (Å²) in [5.41, 5.74) is 1.03. The number of nitrogens with zero attached hydrogens (tertiary/aromatic N) is 5. The van der Waals surface area contributed by atoms with Gasteiger partial charge in [0.15, 0.2) is 11.7 Å². The van der Waals surface area contributed by atoms with Gasteiger partial charge in [-0.2, -0.15) is 0 Å². The van der Waals surface area contributed by atoms with Crippen LogP contribution in [0.1, 0.15) is 81.9 Å². The van der Waals surface area contributed by atoms with Crippen molar-refractivity contribution in [1.29, 1.82) is 0 Å². The average Bonchev–Trinajstić information content (AvgIpc) is 3.28. The highest BCUT2D eigenvalue weighted by atomic mass is 16.5. The molecule has 8 nitrogen and oxygen atoms in total. The molecule has 2 aromatic rings. The normalized spacial score (nSPS) is 14.7. The molecule has 1 aliphatic heterocycles. The highest BCUT2D eigenvalue weighted by molar-refractivity contribution is 5.79. The van der Waals surface area contributed by atoms with E-state index in [0.29, 0.717) is 12.5 Å². The van der Waals surface area contributed by atoms with Crippen molar-refractivity contribution in [2.75, 3.05) is 13.1 Å². The molecule has 1 aliphatic rings. The minimum atomic E-state index is 0.459. The smallest absolute Gasteiger partial charge is 0.191 e. The van der Waals surface area contributed by atoms with E-state index in [1.54, 1.807) is 0 Å². The Hall–Kier alpha value is -2.38. The molecule has 0 radical (unpaired) electrons. The van der Waals surface area contributed by atoms with Gasteiger partial charge in [-0.05, 0) is 32.6 Å². The number of hydrogen-bond donors (Lipinski definition) is 2. The molecule has 2 aromatic heterocycles. The van der Waals surface area contributed by atoms with Crippen molar-refractivity contribution in [3.63, 3.8) is 0 Å². The fourth-order valence-electron chi connectivity index (χ4n) is 3.82. The summed E-state index contributed by atoms with van der Waals surface area (Å²) in [5.74, 6) is 4.24.